The number of hydrogen-bond acceptors (Lipinski definition) is 3. The minimum Gasteiger partial charge on any atom is -0.398 e. The SMILES string of the molecule is C#CCN(CCC)S(=O)(=O)c1c(N)cccc1Cl. The van der Waals surface area contributed by atoms with E-state index in [4.69, 9.17) is 23.8 Å². The quantitative estimate of drug-likeness (QED) is 0.665. The van der Waals surface area contributed by atoms with Crippen molar-refractivity contribution in [1.82, 2.24) is 4.31 Å². The van der Waals surface area contributed by atoms with Gasteiger partial charge in [-0.2, -0.15) is 4.31 Å². The molecule has 0 heterocycles. The molecule has 0 aliphatic heterocycles. The van der Waals surface area contributed by atoms with Crippen molar-refractivity contribution in [2.75, 3.05) is 18.8 Å². The van der Waals surface area contributed by atoms with E-state index in [1.54, 1.807) is 6.07 Å². The van der Waals surface area contributed by atoms with Gasteiger partial charge < -0.3 is 5.73 Å². The fourth-order valence-electron chi connectivity index (χ4n) is 1.56. The van der Waals surface area contributed by atoms with Crippen LogP contribution in [0.1, 0.15) is 13.3 Å². The fourth-order valence-corrected chi connectivity index (χ4v) is 3.64. The monoisotopic (exact) mass is 286 g/mol. The van der Waals surface area contributed by atoms with Crippen LogP contribution in [0.25, 0.3) is 0 Å². The minimum absolute atomic E-state index is 0.000830. The molecule has 0 aromatic heterocycles. The molecule has 0 aliphatic carbocycles. The van der Waals surface area contributed by atoms with Gasteiger partial charge in [-0.05, 0) is 18.6 Å². The Hall–Kier alpha value is -1.22. The van der Waals surface area contributed by atoms with Gasteiger partial charge in [0, 0.05) is 6.54 Å². The highest BCUT2D eigenvalue weighted by atomic mass is 35.5. The van der Waals surface area contributed by atoms with E-state index in [9.17, 15) is 8.42 Å². The minimum atomic E-state index is -3.75. The van der Waals surface area contributed by atoms with Gasteiger partial charge in [-0.25, -0.2) is 8.42 Å². The molecule has 1 aromatic carbocycles. The Kier molecular flexibility index (Phi) is 5.03. The number of hydrogen-bond donors (Lipinski definition) is 1. The second-order valence-electron chi connectivity index (χ2n) is 3.70. The zero-order valence-electron chi connectivity index (χ0n) is 10.1. The summed E-state index contributed by atoms with van der Waals surface area (Å²) in [5, 5.41) is 0.105. The third kappa shape index (κ3) is 2.96. The predicted molar refractivity (Wildman–Crippen MR) is 73.7 cm³/mol. The van der Waals surface area contributed by atoms with Gasteiger partial charge in [0.15, 0.2) is 0 Å². The normalized spacial score (nSPS) is 11.4. The van der Waals surface area contributed by atoms with Crippen molar-refractivity contribution in [3.8, 4) is 12.3 Å². The van der Waals surface area contributed by atoms with Crippen LogP contribution in [0.15, 0.2) is 23.1 Å². The zero-order valence-corrected chi connectivity index (χ0v) is 11.6. The van der Waals surface area contributed by atoms with Crippen LogP contribution in [0.5, 0.6) is 0 Å². The van der Waals surface area contributed by atoms with Crippen LogP contribution >= 0.6 is 11.6 Å². The first kappa shape index (κ1) is 14.8. The summed E-state index contributed by atoms with van der Waals surface area (Å²) >= 11 is 5.92. The smallest absolute Gasteiger partial charge is 0.247 e. The maximum Gasteiger partial charge on any atom is 0.247 e. The number of terminal acetylenes is 1. The molecule has 0 amide bonds. The van der Waals surface area contributed by atoms with Crippen molar-refractivity contribution in [3.05, 3.63) is 23.2 Å². The summed E-state index contributed by atoms with van der Waals surface area (Å²) in [4.78, 5) is -0.0737. The molecule has 6 heteroatoms. The van der Waals surface area contributed by atoms with Gasteiger partial charge in [-0.15, -0.1) is 6.42 Å². The second-order valence-corrected chi connectivity index (χ2v) is 5.98. The van der Waals surface area contributed by atoms with E-state index in [1.807, 2.05) is 6.92 Å². The summed E-state index contributed by atoms with van der Waals surface area (Å²) in [5.41, 5.74) is 5.82. The number of benzene rings is 1. The molecule has 0 fully saturated rings. The summed E-state index contributed by atoms with van der Waals surface area (Å²) in [7, 11) is -3.75. The van der Waals surface area contributed by atoms with E-state index in [1.165, 1.54) is 16.4 Å². The highest BCUT2D eigenvalue weighted by Crippen LogP contribution is 2.29. The van der Waals surface area contributed by atoms with E-state index in [-0.39, 0.29) is 22.2 Å². The summed E-state index contributed by atoms with van der Waals surface area (Å²) in [6.45, 7) is 2.20. The van der Waals surface area contributed by atoms with Crippen LogP contribution in [0.4, 0.5) is 5.69 Å². The molecule has 0 aliphatic rings. The summed E-state index contributed by atoms with van der Waals surface area (Å²) < 4.78 is 26.0. The average molecular weight is 287 g/mol. The molecule has 0 saturated heterocycles. The lowest BCUT2D eigenvalue weighted by Crippen LogP contribution is -2.32. The van der Waals surface area contributed by atoms with Crippen LogP contribution in [-0.2, 0) is 10.0 Å². The average Bonchev–Trinajstić information content (AvgIpc) is 2.28. The first-order chi connectivity index (χ1) is 8.45. The summed E-state index contributed by atoms with van der Waals surface area (Å²) in [6, 6.07) is 4.59. The topological polar surface area (TPSA) is 63.4 Å². The lowest BCUT2D eigenvalue weighted by molar-refractivity contribution is 0.446. The maximum absolute atomic E-state index is 12.4. The summed E-state index contributed by atoms with van der Waals surface area (Å²) in [5.74, 6) is 2.33. The zero-order chi connectivity index (χ0) is 13.8. The third-order valence-corrected chi connectivity index (χ3v) is 4.73. The Morgan fingerprint density at radius 3 is 2.67 bits per heavy atom. The number of nitrogens with zero attached hydrogens (tertiary/aromatic N) is 1. The highest BCUT2D eigenvalue weighted by molar-refractivity contribution is 7.89. The van der Waals surface area contributed by atoms with E-state index < -0.39 is 10.0 Å². The van der Waals surface area contributed by atoms with Crippen LogP contribution in [0.3, 0.4) is 0 Å². The Morgan fingerprint density at radius 1 is 1.50 bits per heavy atom. The Bertz CT molecular complexity index is 544. The van der Waals surface area contributed by atoms with Gasteiger partial charge in [0.1, 0.15) is 4.90 Å². The van der Waals surface area contributed by atoms with Gasteiger partial charge in [0.25, 0.3) is 0 Å². The lowest BCUT2D eigenvalue weighted by atomic mass is 10.3. The molecule has 0 bridgehead atoms. The van der Waals surface area contributed by atoms with Crippen LogP contribution < -0.4 is 5.73 Å². The molecule has 0 unspecified atom stereocenters. The number of sulfonamides is 1. The molecule has 0 atom stereocenters. The summed E-state index contributed by atoms with van der Waals surface area (Å²) in [6.07, 6.45) is 5.85. The number of anilines is 1. The maximum atomic E-state index is 12.4. The van der Waals surface area contributed by atoms with Crippen molar-refractivity contribution in [2.45, 2.75) is 18.2 Å². The van der Waals surface area contributed by atoms with Crippen molar-refractivity contribution < 1.29 is 8.42 Å². The van der Waals surface area contributed by atoms with E-state index >= 15 is 0 Å². The van der Waals surface area contributed by atoms with Gasteiger partial charge in [0.2, 0.25) is 10.0 Å². The molecule has 18 heavy (non-hydrogen) atoms. The van der Waals surface area contributed by atoms with Gasteiger partial charge in [-0.3, -0.25) is 0 Å². The molecule has 2 N–H and O–H groups in total. The largest absolute Gasteiger partial charge is 0.398 e. The van der Waals surface area contributed by atoms with Crippen molar-refractivity contribution in [1.29, 1.82) is 0 Å². The molecule has 0 spiro atoms. The highest BCUT2D eigenvalue weighted by Gasteiger charge is 2.27. The van der Waals surface area contributed by atoms with Crippen molar-refractivity contribution in [3.63, 3.8) is 0 Å². The van der Waals surface area contributed by atoms with Crippen LogP contribution in [0.2, 0.25) is 5.02 Å². The molecular formula is C12H15ClN2O2S. The molecule has 98 valence electrons. The second kappa shape index (κ2) is 6.10. The number of halogens is 1. The fraction of sp³-hybridized carbons (Fsp3) is 0.333. The van der Waals surface area contributed by atoms with E-state index in [0.717, 1.165) is 0 Å². The van der Waals surface area contributed by atoms with E-state index in [0.29, 0.717) is 13.0 Å². The number of nitrogen functional groups attached to an aromatic ring is 1. The predicted octanol–water partition coefficient (Wildman–Crippen LogP) is 1.96. The standard InChI is InChI=1S/C12H15ClN2O2S/c1-3-8-15(9-4-2)18(16,17)12-10(13)6-5-7-11(12)14/h1,5-7H,4,8-9,14H2,2H3. The lowest BCUT2D eigenvalue weighted by Gasteiger charge is -2.20. The third-order valence-electron chi connectivity index (χ3n) is 2.34. The molecular weight excluding hydrogens is 272 g/mol. The van der Waals surface area contributed by atoms with Crippen molar-refractivity contribution in [2.24, 2.45) is 0 Å². The van der Waals surface area contributed by atoms with Crippen molar-refractivity contribution >= 4 is 27.3 Å². The van der Waals surface area contributed by atoms with Gasteiger partial charge in [0.05, 0.1) is 17.3 Å². The first-order valence-electron chi connectivity index (χ1n) is 5.42. The first-order valence-corrected chi connectivity index (χ1v) is 7.24. The molecule has 0 saturated carbocycles. The Morgan fingerprint density at radius 2 is 2.17 bits per heavy atom. The molecule has 1 aromatic rings. The Balaban J connectivity index is 3.32. The Labute approximate surface area is 113 Å². The van der Waals surface area contributed by atoms with Gasteiger partial charge in [-0.1, -0.05) is 30.5 Å². The van der Waals surface area contributed by atoms with Gasteiger partial charge >= 0.3 is 0 Å². The number of rotatable bonds is 5. The molecule has 0 radical (unpaired) electrons. The molecule has 4 nitrogen and oxygen atoms in total. The molecule has 1 rings (SSSR count). The van der Waals surface area contributed by atoms with E-state index in [2.05, 4.69) is 5.92 Å². The van der Waals surface area contributed by atoms with Crippen LogP contribution in [0, 0.1) is 12.3 Å². The van der Waals surface area contributed by atoms with Crippen LogP contribution in [-0.4, -0.2) is 25.8 Å². The number of nitrogens with two attached hydrogens (primary N) is 1.